The molecule has 5 nitrogen and oxygen atoms in total. The fourth-order valence-corrected chi connectivity index (χ4v) is 1.92. The predicted octanol–water partition coefficient (Wildman–Crippen LogP) is 2.01. The summed E-state index contributed by atoms with van der Waals surface area (Å²) >= 11 is 1.77. The fraction of sp³-hybridized carbons (Fsp3) is 0.636. The van der Waals surface area contributed by atoms with Crippen LogP contribution in [0.25, 0.3) is 0 Å². The van der Waals surface area contributed by atoms with Crippen LogP contribution in [-0.2, 0) is 0 Å². The Morgan fingerprint density at radius 1 is 1.53 bits per heavy atom. The molecular weight excluding hydrogens is 236 g/mol. The molecule has 0 saturated carbocycles. The third-order valence-electron chi connectivity index (χ3n) is 2.09. The van der Waals surface area contributed by atoms with Crippen molar-refractivity contribution < 1.29 is 4.74 Å². The van der Waals surface area contributed by atoms with Crippen molar-refractivity contribution in [3.05, 3.63) is 6.33 Å². The van der Waals surface area contributed by atoms with Gasteiger partial charge in [-0.15, -0.1) is 0 Å². The summed E-state index contributed by atoms with van der Waals surface area (Å²) in [7, 11) is 0. The van der Waals surface area contributed by atoms with Crippen molar-refractivity contribution in [2.75, 3.05) is 29.7 Å². The van der Waals surface area contributed by atoms with Gasteiger partial charge in [0, 0.05) is 11.8 Å². The highest BCUT2D eigenvalue weighted by molar-refractivity contribution is 7.98. The molecule has 0 spiro atoms. The Balaban J connectivity index is 2.72. The maximum absolute atomic E-state index is 5.95. The van der Waals surface area contributed by atoms with E-state index in [4.69, 9.17) is 10.5 Å². The molecule has 96 valence electrons. The Morgan fingerprint density at radius 2 is 2.29 bits per heavy atom. The van der Waals surface area contributed by atoms with Crippen molar-refractivity contribution in [1.82, 2.24) is 9.97 Å². The lowest BCUT2D eigenvalue weighted by atomic mass is 10.3. The van der Waals surface area contributed by atoms with Crippen molar-refractivity contribution in [3.63, 3.8) is 0 Å². The summed E-state index contributed by atoms with van der Waals surface area (Å²) in [6.45, 7) is 4.74. The monoisotopic (exact) mass is 256 g/mol. The topological polar surface area (TPSA) is 73.1 Å². The molecule has 0 radical (unpaired) electrons. The van der Waals surface area contributed by atoms with Crippen molar-refractivity contribution in [2.45, 2.75) is 26.3 Å². The van der Waals surface area contributed by atoms with Crippen LogP contribution in [0.4, 0.5) is 11.5 Å². The number of nitrogens with two attached hydrogens (primary N) is 1. The molecule has 1 aromatic heterocycles. The van der Waals surface area contributed by atoms with Gasteiger partial charge in [-0.05, 0) is 19.6 Å². The van der Waals surface area contributed by atoms with Crippen LogP contribution in [0.2, 0.25) is 0 Å². The number of hydrogen-bond acceptors (Lipinski definition) is 6. The lowest BCUT2D eigenvalue weighted by Gasteiger charge is -2.15. The van der Waals surface area contributed by atoms with Crippen molar-refractivity contribution in [1.29, 1.82) is 0 Å². The van der Waals surface area contributed by atoms with E-state index < -0.39 is 0 Å². The quantitative estimate of drug-likeness (QED) is 0.777. The van der Waals surface area contributed by atoms with Crippen LogP contribution >= 0.6 is 11.8 Å². The fourth-order valence-electron chi connectivity index (χ4n) is 1.33. The Bertz CT molecular complexity index is 348. The first-order chi connectivity index (χ1) is 8.19. The van der Waals surface area contributed by atoms with Crippen LogP contribution in [-0.4, -0.2) is 34.6 Å². The summed E-state index contributed by atoms with van der Waals surface area (Å²) in [5.41, 5.74) is 6.43. The first-order valence-electron chi connectivity index (χ1n) is 5.67. The summed E-state index contributed by atoms with van der Waals surface area (Å²) in [4.78, 5) is 8.16. The largest absolute Gasteiger partial charge is 0.476 e. The average molecular weight is 256 g/mol. The molecular formula is C11H20N4OS. The number of rotatable bonds is 7. The summed E-state index contributed by atoms with van der Waals surface area (Å²) in [5.74, 6) is 2.10. The number of ether oxygens (including phenoxy) is 1. The molecule has 0 amide bonds. The number of nitrogens with one attached hydrogen (secondary N) is 1. The second kappa shape index (κ2) is 7.21. The van der Waals surface area contributed by atoms with Gasteiger partial charge in [0.1, 0.15) is 12.0 Å². The standard InChI is InChI=1S/C11H20N4OS/c1-4-5-16-11-9(12)10(13-7-14-11)15-8(2)6-17-3/h7-8H,4-6,12H2,1-3H3,(H,13,14,15). The molecule has 0 saturated heterocycles. The maximum atomic E-state index is 5.95. The molecule has 1 atom stereocenters. The van der Waals surface area contributed by atoms with Gasteiger partial charge in [0.25, 0.3) is 0 Å². The summed E-state index contributed by atoms with van der Waals surface area (Å²) in [6.07, 6.45) is 4.46. The van der Waals surface area contributed by atoms with E-state index >= 15 is 0 Å². The van der Waals surface area contributed by atoms with Crippen LogP contribution in [0.5, 0.6) is 5.88 Å². The van der Waals surface area contributed by atoms with Gasteiger partial charge < -0.3 is 15.8 Å². The van der Waals surface area contributed by atoms with Gasteiger partial charge in [-0.25, -0.2) is 4.98 Å². The highest BCUT2D eigenvalue weighted by Gasteiger charge is 2.11. The van der Waals surface area contributed by atoms with Gasteiger partial charge in [0.05, 0.1) is 6.61 Å². The predicted molar refractivity (Wildman–Crippen MR) is 73.7 cm³/mol. The van der Waals surface area contributed by atoms with E-state index in [2.05, 4.69) is 28.5 Å². The van der Waals surface area contributed by atoms with Gasteiger partial charge >= 0.3 is 0 Å². The smallest absolute Gasteiger partial charge is 0.242 e. The van der Waals surface area contributed by atoms with Crippen molar-refractivity contribution in [2.24, 2.45) is 0 Å². The first-order valence-corrected chi connectivity index (χ1v) is 7.07. The summed E-state index contributed by atoms with van der Waals surface area (Å²) in [5, 5.41) is 3.25. The van der Waals surface area contributed by atoms with E-state index in [0.29, 0.717) is 30.0 Å². The van der Waals surface area contributed by atoms with Gasteiger partial charge in [0.15, 0.2) is 5.82 Å². The van der Waals surface area contributed by atoms with E-state index in [1.807, 2.05) is 6.92 Å². The Labute approximate surface area is 107 Å². The molecule has 1 aromatic rings. The summed E-state index contributed by atoms with van der Waals surface area (Å²) in [6, 6.07) is 0.307. The zero-order chi connectivity index (χ0) is 12.7. The Morgan fingerprint density at radius 3 is 2.94 bits per heavy atom. The molecule has 1 unspecified atom stereocenters. The Hall–Kier alpha value is -1.17. The number of anilines is 2. The van der Waals surface area contributed by atoms with Crippen LogP contribution in [0.3, 0.4) is 0 Å². The molecule has 17 heavy (non-hydrogen) atoms. The number of thioether (sulfide) groups is 1. The highest BCUT2D eigenvalue weighted by Crippen LogP contribution is 2.25. The second-order valence-corrected chi connectivity index (χ2v) is 4.70. The van der Waals surface area contributed by atoms with Gasteiger partial charge in [-0.1, -0.05) is 6.92 Å². The third-order valence-corrected chi connectivity index (χ3v) is 2.92. The van der Waals surface area contributed by atoms with Gasteiger partial charge in [-0.2, -0.15) is 16.7 Å². The second-order valence-electron chi connectivity index (χ2n) is 3.79. The molecule has 0 bridgehead atoms. The summed E-state index contributed by atoms with van der Waals surface area (Å²) < 4.78 is 5.45. The molecule has 0 aromatic carbocycles. The van der Waals surface area contributed by atoms with Crippen LogP contribution < -0.4 is 15.8 Å². The molecule has 6 heteroatoms. The number of nitrogens with zero attached hydrogens (tertiary/aromatic N) is 2. The Kier molecular flexibility index (Phi) is 5.90. The SMILES string of the molecule is CCCOc1ncnc(NC(C)CSC)c1N. The molecule has 1 rings (SSSR count). The minimum absolute atomic E-state index is 0.307. The minimum Gasteiger partial charge on any atom is -0.476 e. The number of aromatic nitrogens is 2. The molecule has 1 heterocycles. The van der Waals surface area contributed by atoms with Crippen LogP contribution in [0.1, 0.15) is 20.3 Å². The van der Waals surface area contributed by atoms with Crippen molar-refractivity contribution >= 4 is 23.3 Å². The third kappa shape index (κ3) is 4.30. The van der Waals surface area contributed by atoms with Crippen molar-refractivity contribution in [3.8, 4) is 5.88 Å². The van der Waals surface area contributed by atoms with Crippen LogP contribution in [0, 0.1) is 0 Å². The first kappa shape index (κ1) is 13.9. The van der Waals surface area contributed by atoms with E-state index in [-0.39, 0.29) is 0 Å². The number of hydrogen-bond donors (Lipinski definition) is 2. The van der Waals surface area contributed by atoms with E-state index in [0.717, 1.165) is 12.2 Å². The van der Waals surface area contributed by atoms with E-state index in [9.17, 15) is 0 Å². The van der Waals surface area contributed by atoms with Crippen LogP contribution in [0.15, 0.2) is 6.33 Å². The maximum Gasteiger partial charge on any atom is 0.242 e. The molecule has 0 aliphatic heterocycles. The van der Waals surface area contributed by atoms with Gasteiger partial charge in [-0.3, -0.25) is 0 Å². The lowest BCUT2D eigenvalue weighted by Crippen LogP contribution is -2.20. The van der Waals surface area contributed by atoms with Gasteiger partial charge in [0.2, 0.25) is 5.88 Å². The molecule has 0 aliphatic rings. The molecule has 0 fully saturated rings. The molecule has 3 N–H and O–H groups in total. The van der Waals surface area contributed by atoms with E-state index in [1.54, 1.807) is 11.8 Å². The van der Waals surface area contributed by atoms with E-state index in [1.165, 1.54) is 6.33 Å². The molecule has 0 aliphatic carbocycles. The zero-order valence-corrected chi connectivity index (χ0v) is 11.4. The zero-order valence-electron chi connectivity index (χ0n) is 10.6. The number of nitrogen functional groups attached to an aromatic ring is 1. The normalized spacial score (nSPS) is 12.2. The average Bonchev–Trinajstić information content (AvgIpc) is 2.30. The lowest BCUT2D eigenvalue weighted by molar-refractivity contribution is 0.306. The minimum atomic E-state index is 0.307. The highest BCUT2D eigenvalue weighted by atomic mass is 32.2.